The van der Waals surface area contributed by atoms with Gasteiger partial charge in [-0.2, -0.15) is 0 Å². The van der Waals surface area contributed by atoms with E-state index in [-0.39, 0.29) is 42.2 Å². The quantitative estimate of drug-likeness (QED) is 0.829. The van der Waals surface area contributed by atoms with Crippen molar-refractivity contribution in [1.29, 1.82) is 0 Å². The number of rotatable bonds is 1. The number of nitrogens with one attached hydrogen (secondary N) is 2. The highest BCUT2D eigenvalue weighted by atomic mass is 35.5. The molecule has 1 aromatic heterocycles. The second kappa shape index (κ2) is 6.55. The Labute approximate surface area is 125 Å². The molecule has 0 aromatic carbocycles. The van der Waals surface area contributed by atoms with Gasteiger partial charge < -0.3 is 10.6 Å². The zero-order valence-electron chi connectivity index (χ0n) is 10.6. The fourth-order valence-electron chi connectivity index (χ4n) is 2.98. The number of hydrogen-bond acceptors (Lipinski definition) is 3. The largest absolute Gasteiger partial charge is 0.350 e. The average molecular weight is 304 g/mol. The molecule has 106 valence electrons. The SMILES string of the molecule is Cl.Cl.O=C1NC2(CCNCC2)CC1c1ccncc1. The van der Waals surface area contributed by atoms with E-state index < -0.39 is 0 Å². The summed E-state index contributed by atoms with van der Waals surface area (Å²) >= 11 is 0. The molecule has 3 heterocycles. The standard InChI is InChI=1S/C13H17N3O.2ClH/c17-12-11(10-1-5-14-6-2-10)9-13(16-12)3-7-15-8-4-13;;/h1-2,5-6,11,15H,3-4,7-9H2,(H,16,17);2*1H. The Balaban J connectivity index is 0.000000902. The van der Waals surface area contributed by atoms with E-state index in [0.717, 1.165) is 37.9 Å². The van der Waals surface area contributed by atoms with E-state index >= 15 is 0 Å². The molecule has 2 aliphatic heterocycles. The molecule has 0 saturated carbocycles. The highest BCUT2D eigenvalue weighted by molar-refractivity contribution is 5.87. The third-order valence-corrected chi connectivity index (χ3v) is 3.97. The van der Waals surface area contributed by atoms with E-state index in [1.165, 1.54) is 0 Å². The van der Waals surface area contributed by atoms with Gasteiger partial charge in [-0.3, -0.25) is 9.78 Å². The minimum Gasteiger partial charge on any atom is -0.350 e. The number of amides is 1. The lowest BCUT2D eigenvalue weighted by Crippen LogP contribution is -2.49. The Bertz CT molecular complexity index is 421. The van der Waals surface area contributed by atoms with Crippen molar-refractivity contribution < 1.29 is 4.79 Å². The first-order valence-electron chi connectivity index (χ1n) is 6.22. The van der Waals surface area contributed by atoms with Crippen molar-refractivity contribution >= 4 is 30.7 Å². The Morgan fingerprint density at radius 1 is 1.16 bits per heavy atom. The lowest BCUT2D eigenvalue weighted by atomic mass is 9.82. The number of hydrogen-bond donors (Lipinski definition) is 2. The van der Waals surface area contributed by atoms with E-state index in [2.05, 4.69) is 15.6 Å². The molecule has 2 fully saturated rings. The van der Waals surface area contributed by atoms with Crippen molar-refractivity contribution in [2.45, 2.75) is 30.7 Å². The van der Waals surface area contributed by atoms with Crippen LogP contribution in [0, 0.1) is 0 Å². The normalized spacial score (nSPS) is 24.2. The third kappa shape index (κ3) is 3.19. The minimum absolute atomic E-state index is 0. The zero-order valence-corrected chi connectivity index (χ0v) is 12.2. The van der Waals surface area contributed by atoms with Crippen LogP contribution >= 0.6 is 24.8 Å². The molecule has 2 aliphatic rings. The van der Waals surface area contributed by atoms with Crippen molar-refractivity contribution in [2.24, 2.45) is 0 Å². The van der Waals surface area contributed by atoms with Crippen LogP contribution in [0.1, 0.15) is 30.7 Å². The lowest BCUT2D eigenvalue weighted by molar-refractivity contribution is -0.121. The highest BCUT2D eigenvalue weighted by Crippen LogP contribution is 2.37. The van der Waals surface area contributed by atoms with Gasteiger partial charge in [0, 0.05) is 17.9 Å². The molecule has 1 atom stereocenters. The Kier molecular flexibility index (Phi) is 5.59. The van der Waals surface area contributed by atoms with E-state index in [4.69, 9.17) is 0 Å². The van der Waals surface area contributed by atoms with Crippen LogP contribution in [0.5, 0.6) is 0 Å². The molecule has 3 rings (SSSR count). The van der Waals surface area contributed by atoms with Gasteiger partial charge in [0.15, 0.2) is 0 Å². The number of aromatic nitrogens is 1. The van der Waals surface area contributed by atoms with Crippen LogP contribution in [0.3, 0.4) is 0 Å². The number of pyridine rings is 1. The first kappa shape index (κ1) is 16.2. The Morgan fingerprint density at radius 2 is 1.79 bits per heavy atom. The maximum Gasteiger partial charge on any atom is 0.228 e. The van der Waals surface area contributed by atoms with Crippen LogP contribution in [0.4, 0.5) is 0 Å². The first-order chi connectivity index (χ1) is 8.29. The maximum atomic E-state index is 12.1. The van der Waals surface area contributed by atoms with Crippen LogP contribution in [0.25, 0.3) is 0 Å². The maximum absolute atomic E-state index is 12.1. The predicted octanol–water partition coefficient (Wildman–Crippen LogP) is 1.65. The fourth-order valence-corrected chi connectivity index (χ4v) is 2.98. The molecule has 0 aliphatic carbocycles. The molecule has 6 heteroatoms. The van der Waals surface area contributed by atoms with Crippen molar-refractivity contribution in [3.8, 4) is 0 Å². The lowest BCUT2D eigenvalue weighted by Gasteiger charge is -2.33. The van der Waals surface area contributed by atoms with E-state index in [1.807, 2.05) is 12.1 Å². The van der Waals surface area contributed by atoms with Gasteiger partial charge in [0.25, 0.3) is 0 Å². The second-order valence-corrected chi connectivity index (χ2v) is 5.06. The van der Waals surface area contributed by atoms with Crippen molar-refractivity contribution in [1.82, 2.24) is 15.6 Å². The molecule has 2 saturated heterocycles. The third-order valence-electron chi connectivity index (χ3n) is 3.97. The minimum atomic E-state index is 0. The first-order valence-corrected chi connectivity index (χ1v) is 6.22. The van der Waals surface area contributed by atoms with Gasteiger partial charge in [-0.05, 0) is 50.0 Å². The van der Waals surface area contributed by atoms with Crippen molar-refractivity contribution in [2.75, 3.05) is 13.1 Å². The summed E-state index contributed by atoms with van der Waals surface area (Å²) in [6.45, 7) is 2.01. The summed E-state index contributed by atoms with van der Waals surface area (Å²) in [6.07, 6.45) is 6.53. The van der Waals surface area contributed by atoms with E-state index in [1.54, 1.807) is 12.4 Å². The highest BCUT2D eigenvalue weighted by Gasteiger charge is 2.44. The van der Waals surface area contributed by atoms with E-state index in [0.29, 0.717) is 0 Å². The van der Waals surface area contributed by atoms with Crippen molar-refractivity contribution in [3.63, 3.8) is 0 Å². The number of piperidine rings is 1. The van der Waals surface area contributed by atoms with Crippen LogP contribution in [-0.2, 0) is 4.79 Å². The molecule has 1 spiro atoms. The molecule has 4 nitrogen and oxygen atoms in total. The van der Waals surface area contributed by atoms with Gasteiger partial charge in [-0.1, -0.05) is 0 Å². The number of nitrogens with zero attached hydrogens (tertiary/aromatic N) is 1. The topological polar surface area (TPSA) is 54.0 Å². The monoisotopic (exact) mass is 303 g/mol. The molecule has 0 radical (unpaired) electrons. The molecule has 0 bridgehead atoms. The predicted molar refractivity (Wildman–Crippen MR) is 79.1 cm³/mol. The van der Waals surface area contributed by atoms with Crippen LogP contribution in [0.2, 0.25) is 0 Å². The number of halogens is 2. The van der Waals surface area contributed by atoms with Crippen LogP contribution in [-0.4, -0.2) is 29.5 Å². The summed E-state index contributed by atoms with van der Waals surface area (Å²) in [4.78, 5) is 16.1. The van der Waals surface area contributed by atoms with Crippen molar-refractivity contribution in [3.05, 3.63) is 30.1 Å². The summed E-state index contributed by atoms with van der Waals surface area (Å²) in [7, 11) is 0. The summed E-state index contributed by atoms with van der Waals surface area (Å²) in [5.74, 6) is 0.189. The number of carbonyl (C=O) groups is 1. The number of carbonyl (C=O) groups excluding carboxylic acids is 1. The average Bonchev–Trinajstić information content (AvgIpc) is 2.68. The van der Waals surface area contributed by atoms with Gasteiger partial charge in [-0.15, -0.1) is 24.8 Å². The van der Waals surface area contributed by atoms with Gasteiger partial charge in [0.05, 0.1) is 5.92 Å². The molecular weight excluding hydrogens is 285 g/mol. The Hall–Kier alpha value is -0.840. The summed E-state index contributed by atoms with van der Waals surface area (Å²) in [5.41, 5.74) is 1.13. The van der Waals surface area contributed by atoms with E-state index in [9.17, 15) is 4.79 Å². The summed E-state index contributed by atoms with van der Waals surface area (Å²) in [6, 6.07) is 3.90. The van der Waals surface area contributed by atoms with Gasteiger partial charge in [-0.25, -0.2) is 0 Å². The smallest absolute Gasteiger partial charge is 0.228 e. The molecule has 19 heavy (non-hydrogen) atoms. The van der Waals surface area contributed by atoms with Gasteiger partial charge in [0.2, 0.25) is 5.91 Å². The molecule has 1 unspecified atom stereocenters. The summed E-state index contributed by atoms with van der Waals surface area (Å²) in [5, 5.41) is 6.56. The molecule has 1 amide bonds. The van der Waals surface area contributed by atoms with Gasteiger partial charge >= 0.3 is 0 Å². The molecule has 2 N–H and O–H groups in total. The second-order valence-electron chi connectivity index (χ2n) is 5.06. The molecule has 1 aromatic rings. The summed E-state index contributed by atoms with van der Waals surface area (Å²) < 4.78 is 0. The molecular formula is C13H19Cl2N3O. The van der Waals surface area contributed by atoms with Crippen LogP contribution in [0.15, 0.2) is 24.5 Å². The fraction of sp³-hybridized carbons (Fsp3) is 0.538. The Morgan fingerprint density at radius 3 is 2.42 bits per heavy atom. The van der Waals surface area contributed by atoms with Gasteiger partial charge in [0.1, 0.15) is 0 Å². The van der Waals surface area contributed by atoms with Crippen LogP contribution < -0.4 is 10.6 Å². The zero-order chi connectivity index (χ0) is 11.7.